The van der Waals surface area contributed by atoms with Crippen molar-refractivity contribution in [3.63, 3.8) is 0 Å². The van der Waals surface area contributed by atoms with Gasteiger partial charge in [-0.15, -0.1) is 0 Å². The second kappa shape index (κ2) is 7.47. The summed E-state index contributed by atoms with van der Waals surface area (Å²) < 4.78 is 10.6. The van der Waals surface area contributed by atoms with Crippen molar-refractivity contribution >= 4 is 11.6 Å². The fraction of sp³-hybridized carbons (Fsp3) is 0.562. The molecule has 22 heavy (non-hydrogen) atoms. The van der Waals surface area contributed by atoms with Gasteiger partial charge in [0.2, 0.25) is 0 Å². The molecular weight excluding hydrogens is 280 g/mol. The highest BCUT2D eigenvalue weighted by atomic mass is 16.5. The molecule has 2 rings (SSSR count). The van der Waals surface area contributed by atoms with E-state index in [9.17, 15) is 0 Å². The Balaban J connectivity index is 1.98. The van der Waals surface area contributed by atoms with Crippen molar-refractivity contribution in [3.05, 3.63) is 24.3 Å². The molecule has 122 valence electrons. The summed E-state index contributed by atoms with van der Waals surface area (Å²) in [5.41, 5.74) is 6.94. The Morgan fingerprint density at radius 1 is 1.32 bits per heavy atom. The molecule has 1 fully saturated rings. The number of anilines is 1. The van der Waals surface area contributed by atoms with Crippen LogP contribution >= 0.6 is 0 Å². The van der Waals surface area contributed by atoms with Crippen molar-refractivity contribution in [2.24, 2.45) is 10.7 Å². The maximum Gasteiger partial charge on any atom is 0.193 e. The van der Waals surface area contributed by atoms with Gasteiger partial charge < -0.3 is 25.4 Å². The highest BCUT2D eigenvalue weighted by Gasteiger charge is 2.34. The van der Waals surface area contributed by atoms with Gasteiger partial charge in [0.25, 0.3) is 0 Å². The van der Waals surface area contributed by atoms with Gasteiger partial charge in [0, 0.05) is 24.4 Å². The van der Waals surface area contributed by atoms with Crippen molar-refractivity contribution in [2.75, 3.05) is 46.3 Å². The molecule has 0 radical (unpaired) electrons. The Morgan fingerprint density at radius 3 is 2.50 bits per heavy atom. The predicted molar refractivity (Wildman–Crippen MR) is 89.6 cm³/mol. The molecule has 6 heteroatoms. The summed E-state index contributed by atoms with van der Waals surface area (Å²) >= 11 is 0. The van der Waals surface area contributed by atoms with Gasteiger partial charge in [0.15, 0.2) is 5.96 Å². The molecule has 0 atom stereocenters. The Hall–Kier alpha value is -1.79. The van der Waals surface area contributed by atoms with E-state index in [0.29, 0.717) is 12.5 Å². The molecule has 1 aromatic carbocycles. The monoisotopic (exact) mass is 306 g/mol. The molecule has 1 aromatic rings. The second-order valence-electron chi connectivity index (χ2n) is 5.79. The maximum absolute atomic E-state index is 6.01. The first-order valence-corrected chi connectivity index (χ1v) is 7.52. The van der Waals surface area contributed by atoms with Gasteiger partial charge in [-0.05, 0) is 51.2 Å². The number of nitrogens with two attached hydrogens (primary N) is 1. The zero-order valence-electron chi connectivity index (χ0n) is 13.6. The lowest BCUT2D eigenvalue weighted by Gasteiger charge is -2.41. The molecule has 0 aromatic heterocycles. The van der Waals surface area contributed by atoms with Crippen LogP contribution in [0.25, 0.3) is 0 Å². The van der Waals surface area contributed by atoms with Crippen molar-refractivity contribution < 1.29 is 9.47 Å². The van der Waals surface area contributed by atoms with E-state index in [2.05, 4.69) is 29.3 Å². The second-order valence-corrected chi connectivity index (χ2v) is 5.79. The van der Waals surface area contributed by atoms with Crippen molar-refractivity contribution in [2.45, 2.75) is 18.4 Å². The van der Waals surface area contributed by atoms with E-state index >= 15 is 0 Å². The largest absolute Gasteiger partial charge is 0.497 e. The van der Waals surface area contributed by atoms with Crippen LogP contribution < -0.4 is 15.8 Å². The minimum Gasteiger partial charge on any atom is -0.497 e. The number of likely N-dealkylation sites (N-methyl/N-ethyl adjacent to an activating group) is 1. The number of guanidine groups is 1. The minimum absolute atomic E-state index is 0.0322. The highest BCUT2D eigenvalue weighted by molar-refractivity contribution is 5.92. The van der Waals surface area contributed by atoms with Gasteiger partial charge in [-0.1, -0.05) is 0 Å². The standard InChI is InChI=1S/C16H26N4O2/c1-20(2)16(8-10-22-11-9-16)12-18-15(17)19-13-4-6-14(21-3)7-5-13/h4-7H,8-12H2,1-3H3,(H3,17,18,19). The number of hydrogen-bond donors (Lipinski definition) is 2. The van der Waals surface area contributed by atoms with E-state index in [1.807, 2.05) is 24.3 Å². The third-order valence-electron chi connectivity index (χ3n) is 4.28. The molecule has 1 aliphatic rings. The van der Waals surface area contributed by atoms with Crippen LogP contribution in [0.1, 0.15) is 12.8 Å². The van der Waals surface area contributed by atoms with E-state index in [0.717, 1.165) is 37.5 Å². The van der Waals surface area contributed by atoms with Crippen LogP contribution in [0, 0.1) is 0 Å². The van der Waals surface area contributed by atoms with Gasteiger partial charge in [-0.2, -0.15) is 0 Å². The number of nitrogens with zero attached hydrogens (tertiary/aromatic N) is 2. The van der Waals surface area contributed by atoms with Crippen LogP contribution in [0.3, 0.4) is 0 Å². The molecule has 0 unspecified atom stereocenters. The lowest BCUT2D eigenvalue weighted by atomic mass is 9.89. The lowest BCUT2D eigenvalue weighted by molar-refractivity contribution is -0.00249. The Labute approximate surface area is 132 Å². The summed E-state index contributed by atoms with van der Waals surface area (Å²) in [6.07, 6.45) is 1.94. The smallest absolute Gasteiger partial charge is 0.193 e. The first kappa shape index (κ1) is 16.6. The van der Waals surface area contributed by atoms with E-state index in [1.165, 1.54) is 0 Å². The first-order valence-electron chi connectivity index (χ1n) is 7.52. The zero-order valence-corrected chi connectivity index (χ0v) is 13.6. The van der Waals surface area contributed by atoms with Crippen LogP contribution in [-0.4, -0.2) is 57.4 Å². The minimum atomic E-state index is 0.0322. The van der Waals surface area contributed by atoms with Crippen molar-refractivity contribution in [1.82, 2.24) is 4.90 Å². The molecule has 0 saturated carbocycles. The summed E-state index contributed by atoms with van der Waals surface area (Å²) in [6, 6.07) is 7.60. The van der Waals surface area contributed by atoms with Crippen molar-refractivity contribution in [1.29, 1.82) is 0 Å². The predicted octanol–water partition coefficient (Wildman–Crippen LogP) is 1.53. The molecular formula is C16H26N4O2. The van der Waals surface area contributed by atoms with Crippen LogP contribution in [0.5, 0.6) is 5.75 Å². The van der Waals surface area contributed by atoms with E-state index in [-0.39, 0.29) is 5.54 Å². The number of methoxy groups -OCH3 is 1. The number of nitrogens with one attached hydrogen (secondary N) is 1. The van der Waals surface area contributed by atoms with E-state index < -0.39 is 0 Å². The summed E-state index contributed by atoms with van der Waals surface area (Å²) in [4.78, 5) is 6.77. The topological polar surface area (TPSA) is 72.1 Å². The van der Waals surface area contributed by atoms with Gasteiger partial charge in [-0.25, -0.2) is 0 Å². The quantitative estimate of drug-likeness (QED) is 0.637. The number of aliphatic imine (C=N–C) groups is 1. The summed E-state index contributed by atoms with van der Waals surface area (Å²) in [5.74, 6) is 1.24. The first-order chi connectivity index (χ1) is 10.6. The summed E-state index contributed by atoms with van der Waals surface area (Å²) in [6.45, 7) is 2.22. The van der Waals surface area contributed by atoms with Crippen LogP contribution in [-0.2, 0) is 4.74 Å². The Kier molecular flexibility index (Phi) is 5.63. The molecule has 0 bridgehead atoms. The van der Waals surface area contributed by atoms with Crippen molar-refractivity contribution in [3.8, 4) is 5.75 Å². The third-order valence-corrected chi connectivity index (χ3v) is 4.28. The van der Waals surface area contributed by atoms with Gasteiger partial charge >= 0.3 is 0 Å². The molecule has 0 aliphatic carbocycles. The number of benzene rings is 1. The highest BCUT2D eigenvalue weighted by Crippen LogP contribution is 2.26. The fourth-order valence-electron chi connectivity index (χ4n) is 2.59. The third kappa shape index (κ3) is 4.11. The zero-order chi connectivity index (χ0) is 16.0. The molecule has 1 heterocycles. The Bertz CT molecular complexity index is 493. The molecule has 1 aliphatic heterocycles. The van der Waals surface area contributed by atoms with E-state index in [1.54, 1.807) is 7.11 Å². The van der Waals surface area contributed by atoms with Crippen LogP contribution in [0.15, 0.2) is 29.3 Å². The summed E-state index contributed by atoms with van der Waals surface area (Å²) in [7, 11) is 5.83. The van der Waals surface area contributed by atoms with Gasteiger partial charge in [0.05, 0.1) is 13.7 Å². The van der Waals surface area contributed by atoms with Crippen LogP contribution in [0.2, 0.25) is 0 Å². The lowest BCUT2D eigenvalue weighted by Crippen LogP contribution is -2.51. The Morgan fingerprint density at radius 2 is 1.95 bits per heavy atom. The molecule has 6 nitrogen and oxygen atoms in total. The molecule has 1 saturated heterocycles. The summed E-state index contributed by atoms with van der Waals surface area (Å²) in [5, 5.41) is 3.11. The normalized spacial score (nSPS) is 18.3. The van der Waals surface area contributed by atoms with Crippen LogP contribution in [0.4, 0.5) is 5.69 Å². The molecule has 3 N–H and O–H groups in total. The number of hydrogen-bond acceptors (Lipinski definition) is 4. The van der Waals surface area contributed by atoms with Gasteiger partial charge in [-0.3, -0.25) is 4.99 Å². The van der Waals surface area contributed by atoms with Gasteiger partial charge in [0.1, 0.15) is 5.75 Å². The number of rotatable bonds is 5. The molecule has 0 spiro atoms. The average Bonchev–Trinajstić information content (AvgIpc) is 2.54. The average molecular weight is 306 g/mol. The fourth-order valence-corrected chi connectivity index (χ4v) is 2.59. The maximum atomic E-state index is 6.01. The number of ether oxygens (including phenoxy) is 2. The SMILES string of the molecule is COc1ccc(NC(N)=NCC2(N(C)C)CCOCC2)cc1. The molecule has 0 amide bonds. The van der Waals surface area contributed by atoms with E-state index in [4.69, 9.17) is 15.2 Å².